The molecule has 3 aromatic carbocycles. The van der Waals surface area contributed by atoms with Crippen molar-refractivity contribution in [1.82, 2.24) is 0 Å². The van der Waals surface area contributed by atoms with Crippen LogP contribution in [0.25, 0.3) is 0 Å². The molecule has 3 rings (SSSR count). The van der Waals surface area contributed by atoms with Crippen LogP contribution in [0.5, 0.6) is 0 Å². The number of hydrogen-bond acceptors (Lipinski definition) is 4. The molecule has 0 spiro atoms. The van der Waals surface area contributed by atoms with Crippen LogP contribution >= 0.6 is 0 Å². The molecule has 0 N–H and O–H groups in total. The first kappa shape index (κ1) is 27.2. The third kappa shape index (κ3) is 8.67. The first-order valence-electron chi connectivity index (χ1n) is 12.9. The minimum atomic E-state index is -0.700. The predicted molar refractivity (Wildman–Crippen MR) is 144 cm³/mol. The summed E-state index contributed by atoms with van der Waals surface area (Å²) in [6, 6.07) is 24.4. The molecule has 36 heavy (non-hydrogen) atoms. The highest BCUT2D eigenvalue weighted by Crippen LogP contribution is 2.21. The van der Waals surface area contributed by atoms with Gasteiger partial charge in [-0.1, -0.05) is 82.3 Å². The Morgan fingerprint density at radius 1 is 0.639 bits per heavy atom. The van der Waals surface area contributed by atoms with E-state index in [0.717, 1.165) is 31.2 Å². The molecule has 0 saturated carbocycles. The van der Waals surface area contributed by atoms with E-state index in [2.05, 4.69) is 27.7 Å². The Bertz CT molecular complexity index is 1080. The van der Waals surface area contributed by atoms with Gasteiger partial charge in [-0.15, -0.1) is 0 Å². The second kappa shape index (κ2) is 13.6. The highest BCUT2D eigenvalue weighted by atomic mass is 16.6. The summed E-state index contributed by atoms with van der Waals surface area (Å²) in [4.78, 5) is 25.6. The van der Waals surface area contributed by atoms with E-state index in [1.54, 1.807) is 24.3 Å². The van der Waals surface area contributed by atoms with Crippen LogP contribution in [0.4, 0.5) is 0 Å². The lowest BCUT2D eigenvalue weighted by atomic mass is 10.0. The van der Waals surface area contributed by atoms with E-state index in [1.807, 2.05) is 54.6 Å². The molecule has 0 bridgehead atoms. The van der Waals surface area contributed by atoms with Crippen molar-refractivity contribution in [1.29, 1.82) is 0 Å². The SMILES string of the molecule is CC(C)CCc1ccc(C(=O)OC[C@@H](OC(=O)c2ccc(CCC(C)C)cc2)c2ccccc2)cc1. The number of rotatable bonds is 12. The molecule has 0 amide bonds. The fourth-order valence-corrected chi connectivity index (χ4v) is 3.82. The number of benzene rings is 3. The molecule has 4 heteroatoms. The number of carbonyl (C=O) groups excluding carboxylic acids is 2. The summed E-state index contributed by atoms with van der Waals surface area (Å²) < 4.78 is 11.4. The van der Waals surface area contributed by atoms with Crippen molar-refractivity contribution in [3.05, 3.63) is 107 Å². The molecular formula is C32H38O4. The Morgan fingerprint density at radius 2 is 1.11 bits per heavy atom. The van der Waals surface area contributed by atoms with Crippen LogP contribution in [0, 0.1) is 11.8 Å². The lowest BCUT2D eigenvalue weighted by Crippen LogP contribution is -2.19. The van der Waals surface area contributed by atoms with Crippen molar-refractivity contribution < 1.29 is 19.1 Å². The zero-order valence-corrected chi connectivity index (χ0v) is 21.9. The molecule has 1 atom stereocenters. The topological polar surface area (TPSA) is 52.6 Å². The van der Waals surface area contributed by atoms with Gasteiger partial charge >= 0.3 is 11.9 Å². The maximum Gasteiger partial charge on any atom is 0.338 e. The molecule has 0 fully saturated rings. The smallest absolute Gasteiger partial charge is 0.338 e. The first-order valence-corrected chi connectivity index (χ1v) is 12.9. The number of hydrogen-bond donors (Lipinski definition) is 0. The molecule has 0 radical (unpaired) electrons. The molecule has 0 heterocycles. The maximum atomic E-state index is 12.9. The van der Waals surface area contributed by atoms with Crippen LogP contribution < -0.4 is 0 Å². The van der Waals surface area contributed by atoms with Gasteiger partial charge in [0.1, 0.15) is 6.61 Å². The van der Waals surface area contributed by atoms with Gasteiger partial charge in [0.15, 0.2) is 6.10 Å². The number of ether oxygens (including phenoxy) is 2. The normalized spacial score (nSPS) is 11.9. The van der Waals surface area contributed by atoms with Crippen molar-refractivity contribution in [3.63, 3.8) is 0 Å². The Morgan fingerprint density at radius 3 is 1.58 bits per heavy atom. The van der Waals surface area contributed by atoms with Crippen molar-refractivity contribution in [2.75, 3.05) is 6.61 Å². The van der Waals surface area contributed by atoms with Gasteiger partial charge in [0, 0.05) is 0 Å². The average Bonchev–Trinajstić information content (AvgIpc) is 2.89. The average molecular weight is 487 g/mol. The number of aryl methyl sites for hydroxylation is 2. The second-order valence-corrected chi connectivity index (χ2v) is 10.2. The van der Waals surface area contributed by atoms with Gasteiger partial charge in [0.2, 0.25) is 0 Å². The minimum Gasteiger partial charge on any atom is -0.458 e. The van der Waals surface area contributed by atoms with Gasteiger partial charge in [-0.3, -0.25) is 0 Å². The van der Waals surface area contributed by atoms with E-state index in [0.29, 0.717) is 23.0 Å². The van der Waals surface area contributed by atoms with Crippen LogP contribution in [0.15, 0.2) is 78.9 Å². The summed E-state index contributed by atoms with van der Waals surface area (Å²) in [5, 5.41) is 0. The summed E-state index contributed by atoms with van der Waals surface area (Å²) in [6.07, 6.45) is 3.47. The zero-order valence-electron chi connectivity index (χ0n) is 21.9. The monoisotopic (exact) mass is 486 g/mol. The number of esters is 2. The van der Waals surface area contributed by atoms with E-state index in [4.69, 9.17) is 9.47 Å². The molecule has 0 aliphatic carbocycles. The molecule has 0 saturated heterocycles. The molecular weight excluding hydrogens is 448 g/mol. The highest BCUT2D eigenvalue weighted by Gasteiger charge is 2.21. The van der Waals surface area contributed by atoms with Gasteiger partial charge in [-0.05, 0) is 78.5 Å². The summed E-state index contributed by atoms with van der Waals surface area (Å²) in [5.74, 6) is 0.392. The number of carbonyl (C=O) groups is 2. The fraction of sp³-hybridized carbons (Fsp3) is 0.375. The summed E-state index contributed by atoms with van der Waals surface area (Å²) in [6.45, 7) is 8.74. The van der Waals surface area contributed by atoms with Crippen LogP contribution in [0.1, 0.15) is 84.0 Å². The largest absolute Gasteiger partial charge is 0.458 e. The zero-order chi connectivity index (χ0) is 25.9. The molecule has 0 unspecified atom stereocenters. The Labute approximate surface area is 215 Å². The lowest BCUT2D eigenvalue weighted by molar-refractivity contribution is -0.00133. The van der Waals surface area contributed by atoms with Gasteiger partial charge in [0.05, 0.1) is 11.1 Å². The predicted octanol–water partition coefficient (Wildman–Crippen LogP) is 7.62. The second-order valence-electron chi connectivity index (χ2n) is 10.2. The van der Waals surface area contributed by atoms with Crippen molar-refractivity contribution >= 4 is 11.9 Å². The van der Waals surface area contributed by atoms with Crippen molar-refractivity contribution in [2.24, 2.45) is 11.8 Å². The Hall–Kier alpha value is -3.40. The van der Waals surface area contributed by atoms with E-state index >= 15 is 0 Å². The van der Waals surface area contributed by atoms with Gasteiger partial charge in [0.25, 0.3) is 0 Å². The van der Waals surface area contributed by atoms with Crippen molar-refractivity contribution in [3.8, 4) is 0 Å². The van der Waals surface area contributed by atoms with Crippen LogP contribution in [-0.2, 0) is 22.3 Å². The van der Waals surface area contributed by atoms with E-state index in [-0.39, 0.29) is 6.61 Å². The molecule has 190 valence electrons. The Balaban J connectivity index is 1.63. The van der Waals surface area contributed by atoms with E-state index < -0.39 is 18.0 Å². The third-order valence-electron chi connectivity index (χ3n) is 6.19. The molecule has 3 aromatic rings. The minimum absolute atomic E-state index is 0.0594. The van der Waals surface area contributed by atoms with E-state index in [9.17, 15) is 9.59 Å². The first-order chi connectivity index (χ1) is 17.3. The Kier molecular flexibility index (Phi) is 10.3. The quantitative estimate of drug-likeness (QED) is 0.247. The fourth-order valence-electron chi connectivity index (χ4n) is 3.82. The third-order valence-corrected chi connectivity index (χ3v) is 6.19. The highest BCUT2D eigenvalue weighted by molar-refractivity contribution is 5.90. The molecule has 4 nitrogen and oxygen atoms in total. The van der Waals surface area contributed by atoms with Gasteiger partial charge in [-0.25, -0.2) is 9.59 Å². The standard InChI is InChI=1S/C32H38O4/c1-23(2)10-12-25-14-18-28(19-15-25)31(33)35-22-30(27-8-6-5-7-9-27)36-32(34)29-20-16-26(17-21-29)13-11-24(3)4/h5-9,14-21,23-24,30H,10-13,22H2,1-4H3/t30-/m1/s1. The van der Waals surface area contributed by atoms with Crippen LogP contribution in [0.2, 0.25) is 0 Å². The van der Waals surface area contributed by atoms with Crippen LogP contribution in [-0.4, -0.2) is 18.5 Å². The summed E-state index contributed by atoms with van der Waals surface area (Å²) in [5.41, 5.74) is 4.14. The summed E-state index contributed by atoms with van der Waals surface area (Å²) in [7, 11) is 0. The molecule has 0 aromatic heterocycles. The van der Waals surface area contributed by atoms with Crippen molar-refractivity contribution in [2.45, 2.75) is 59.5 Å². The maximum absolute atomic E-state index is 12.9. The molecule has 0 aliphatic rings. The molecule has 0 aliphatic heterocycles. The van der Waals surface area contributed by atoms with Gasteiger partial charge in [-0.2, -0.15) is 0 Å². The van der Waals surface area contributed by atoms with Gasteiger partial charge < -0.3 is 9.47 Å². The summed E-state index contributed by atoms with van der Waals surface area (Å²) >= 11 is 0. The lowest BCUT2D eigenvalue weighted by Gasteiger charge is -2.19. The van der Waals surface area contributed by atoms with E-state index in [1.165, 1.54) is 11.1 Å². The van der Waals surface area contributed by atoms with Crippen LogP contribution in [0.3, 0.4) is 0 Å².